The second kappa shape index (κ2) is 15.8. The lowest BCUT2D eigenvalue weighted by atomic mass is 10.0. The number of hydrogen-bond acceptors (Lipinski definition) is 8. The van der Waals surface area contributed by atoms with Crippen LogP contribution < -0.4 is 10.1 Å². The summed E-state index contributed by atoms with van der Waals surface area (Å²) in [5.74, 6) is 5.02. The molecule has 0 fully saturated rings. The van der Waals surface area contributed by atoms with Crippen LogP contribution in [0.3, 0.4) is 0 Å². The average molecular weight is 659 g/mol. The first-order valence-corrected chi connectivity index (χ1v) is 15.7. The number of nitrogens with one attached hydrogen (secondary N) is 1. The number of amides is 1. The SMILES string of the molecule is COC(=O)[C@H](Cc1ccc(OC(=O)c2ccccc2)c(C#Cc2cc(-c3ccccn3)nc(-c3ccccn3)c2)c1)NC(=O)c1ccccc1. The van der Waals surface area contributed by atoms with Crippen molar-refractivity contribution in [1.82, 2.24) is 20.3 Å². The van der Waals surface area contributed by atoms with Gasteiger partial charge in [0.05, 0.1) is 41.0 Å². The topological polar surface area (TPSA) is 120 Å². The van der Waals surface area contributed by atoms with Crippen molar-refractivity contribution in [3.8, 4) is 40.4 Å². The summed E-state index contributed by atoms with van der Waals surface area (Å²) < 4.78 is 10.8. The summed E-state index contributed by atoms with van der Waals surface area (Å²) in [6.07, 6.45) is 3.48. The van der Waals surface area contributed by atoms with Crippen LogP contribution in [0, 0.1) is 11.8 Å². The van der Waals surface area contributed by atoms with Gasteiger partial charge in [-0.1, -0.05) is 66.4 Å². The van der Waals surface area contributed by atoms with E-state index in [0.29, 0.717) is 50.6 Å². The summed E-state index contributed by atoms with van der Waals surface area (Å²) in [6, 6.07) is 36.1. The Labute approximate surface area is 289 Å². The zero-order valence-electron chi connectivity index (χ0n) is 26.9. The van der Waals surface area contributed by atoms with E-state index in [0.717, 1.165) is 0 Å². The summed E-state index contributed by atoms with van der Waals surface area (Å²) in [4.78, 5) is 52.6. The molecule has 3 aromatic heterocycles. The molecule has 0 unspecified atom stereocenters. The van der Waals surface area contributed by atoms with Gasteiger partial charge in [-0.15, -0.1) is 0 Å². The van der Waals surface area contributed by atoms with E-state index in [9.17, 15) is 14.4 Å². The third-order valence-corrected chi connectivity index (χ3v) is 7.54. The molecule has 3 heterocycles. The van der Waals surface area contributed by atoms with E-state index in [1.165, 1.54) is 7.11 Å². The van der Waals surface area contributed by atoms with E-state index < -0.39 is 23.9 Å². The number of pyridine rings is 3. The summed E-state index contributed by atoms with van der Waals surface area (Å²) >= 11 is 0. The van der Waals surface area contributed by atoms with E-state index in [1.807, 2.05) is 54.6 Å². The van der Waals surface area contributed by atoms with Crippen LogP contribution in [0.5, 0.6) is 5.75 Å². The fourth-order valence-corrected chi connectivity index (χ4v) is 5.06. The molecule has 0 bridgehead atoms. The molecule has 9 heteroatoms. The van der Waals surface area contributed by atoms with E-state index in [-0.39, 0.29) is 12.2 Å². The van der Waals surface area contributed by atoms with Crippen LogP contribution in [-0.4, -0.2) is 45.9 Å². The van der Waals surface area contributed by atoms with E-state index >= 15 is 0 Å². The lowest BCUT2D eigenvalue weighted by molar-refractivity contribution is -0.142. The Balaban J connectivity index is 1.38. The van der Waals surface area contributed by atoms with Crippen molar-refractivity contribution >= 4 is 17.8 Å². The molecule has 6 rings (SSSR count). The highest BCUT2D eigenvalue weighted by molar-refractivity contribution is 5.96. The number of rotatable bonds is 9. The number of esters is 2. The third-order valence-electron chi connectivity index (χ3n) is 7.54. The summed E-state index contributed by atoms with van der Waals surface area (Å²) in [6.45, 7) is 0. The van der Waals surface area contributed by atoms with Crippen LogP contribution in [0.4, 0.5) is 0 Å². The van der Waals surface area contributed by atoms with Crippen molar-refractivity contribution in [3.05, 3.63) is 168 Å². The van der Waals surface area contributed by atoms with Crippen LogP contribution >= 0.6 is 0 Å². The van der Waals surface area contributed by atoms with Crippen LogP contribution in [0.2, 0.25) is 0 Å². The highest BCUT2D eigenvalue weighted by Crippen LogP contribution is 2.25. The summed E-state index contributed by atoms with van der Waals surface area (Å²) in [5, 5.41) is 2.77. The molecule has 0 spiro atoms. The van der Waals surface area contributed by atoms with Crippen LogP contribution in [0.15, 0.2) is 140 Å². The number of hydrogen-bond donors (Lipinski definition) is 1. The van der Waals surface area contributed by atoms with Gasteiger partial charge in [0, 0.05) is 29.9 Å². The second-order valence-electron chi connectivity index (χ2n) is 11.0. The Bertz CT molecular complexity index is 2130. The molecule has 3 aromatic carbocycles. The molecule has 9 nitrogen and oxygen atoms in total. The number of nitrogens with zero attached hydrogens (tertiary/aromatic N) is 3. The number of carbonyl (C=O) groups is 3. The van der Waals surface area contributed by atoms with Gasteiger partial charge in [-0.05, 0) is 78.4 Å². The molecule has 1 atom stereocenters. The number of carbonyl (C=O) groups excluding carboxylic acids is 3. The highest BCUT2D eigenvalue weighted by Gasteiger charge is 2.23. The van der Waals surface area contributed by atoms with Gasteiger partial charge in [0.15, 0.2) is 0 Å². The zero-order chi connectivity index (χ0) is 34.7. The molecular formula is C41H30N4O5. The van der Waals surface area contributed by atoms with E-state index in [1.54, 1.807) is 85.2 Å². The number of methoxy groups -OCH3 is 1. The largest absolute Gasteiger partial charge is 0.467 e. The maximum atomic E-state index is 13.1. The van der Waals surface area contributed by atoms with Gasteiger partial charge in [-0.3, -0.25) is 14.8 Å². The lowest BCUT2D eigenvalue weighted by Gasteiger charge is -2.17. The molecule has 0 aliphatic carbocycles. The maximum Gasteiger partial charge on any atom is 0.343 e. The highest BCUT2D eigenvalue weighted by atomic mass is 16.5. The number of benzene rings is 3. The van der Waals surface area contributed by atoms with Gasteiger partial charge in [-0.2, -0.15) is 0 Å². The standard InChI is InChI=1S/C41H30N4O5/c1-49-41(48)37(45-39(46)30-12-4-2-5-13-30)27-28-19-21-38(50-40(47)31-14-6-3-7-15-31)32(24-28)20-18-29-25-35(33-16-8-10-22-42-33)44-36(26-29)34-17-9-11-23-43-34/h2-17,19,21-26,37H,27H2,1H3,(H,45,46)/t37-/m0/s1. The first kappa shape index (κ1) is 33.0. The molecule has 0 saturated carbocycles. The first-order valence-electron chi connectivity index (χ1n) is 15.7. The minimum Gasteiger partial charge on any atom is -0.467 e. The Morgan fingerprint density at radius 2 is 1.28 bits per heavy atom. The van der Waals surface area contributed by atoms with Gasteiger partial charge in [0.1, 0.15) is 11.8 Å². The summed E-state index contributed by atoms with van der Waals surface area (Å²) in [7, 11) is 1.26. The van der Waals surface area contributed by atoms with E-state index in [2.05, 4.69) is 27.1 Å². The molecule has 1 amide bonds. The molecule has 6 aromatic rings. The monoisotopic (exact) mass is 658 g/mol. The predicted octanol–water partition coefficient (Wildman–Crippen LogP) is 6.34. The van der Waals surface area contributed by atoms with Crippen molar-refractivity contribution in [2.45, 2.75) is 12.5 Å². The predicted molar refractivity (Wildman–Crippen MR) is 188 cm³/mol. The quantitative estimate of drug-likeness (QED) is 0.109. The molecule has 0 saturated heterocycles. The van der Waals surface area contributed by atoms with Crippen LogP contribution in [-0.2, 0) is 16.0 Å². The molecule has 244 valence electrons. The minimum atomic E-state index is -0.992. The third kappa shape index (κ3) is 8.32. The Kier molecular flexibility index (Phi) is 10.4. The fraction of sp³-hybridized carbons (Fsp3) is 0.0732. The Morgan fingerprint density at radius 1 is 0.680 bits per heavy atom. The van der Waals surface area contributed by atoms with Gasteiger partial charge < -0.3 is 14.8 Å². The Morgan fingerprint density at radius 3 is 1.86 bits per heavy atom. The van der Waals surface area contributed by atoms with Crippen molar-refractivity contribution in [3.63, 3.8) is 0 Å². The van der Waals surface area contributed by atoms with Gasteiger partial charge in [0.2, 0.25) is 0 Å². The number of ether oxygens (including phenoxy) is 2. The van der Waals surface area contributed by atoms with E-state index in [4.69, 9.17) is 14.5 Å². The van der Waals surface area contributed by atoms with Crippen molar-refractivity contribution in [2.75, 3.05) is 7.11 Å². The molecule has 0 aliphatic heterocycles. The maximum absolute atomic E-state index is 13.1. The van der Waals surface area contributed by atoms with Crippen molar-refractivity contribution in [1.29, 1.82) is 0 Å². The van der Waals surface area contributed by atoms with Gasteiger partial charge in [-0.25, -0.2) is 14.6 Å². The average Bonchev–Trinajstić information content (AvgIpc) is 3.18. The molecule has 0 aliphatic rings. The fourth-order valence-electron chi connectivity index (χ4n) is 5.06. The molecule has 50 heavy (non-hydrogen) atoms. The Hall–Kier alpha value is -6.92. The molecule has 1 N–H and O–H groups in total. The number of aromatic nitrogens is 3. The van der Waals surface area contributed by atoms with Gasteiger partial charge >= 0.3 is 11.9 Å². The molecular weight excluding hydrogens is 628 g/mol. The van der Waals surface area contributed by atoms with Crippen LogP contribution in [0.1, 0.15) is 37.4 Å². The minimum absolute atomic E-state index is 0.0930. The summed E-state index contributed by atoms with van der Waals surface area (Å²) in [5.41, 5.74) is 4.99. The first-order chi connectivity index (χ1) is 24.5. The lowest BCUT2D eigenvalue weighted by Crippen LogP contribution is -2.43. The smallest absolute Gasteiger partial charge is 0.343 e. The molecule has 0 radical (unpaired) electrons. The normalized spacial score (nSPS) is 11.0. The van der Waals surface area contributed by atoms with Gasteiger partial charge in [0.25, 0.3) is 5.91 Å². The van der Waals surface area contributed by atoms with Crippen molar-refractivity contribution in [2.24, 2.45) is 0 Å². The van der Waals surface area contributed by atoms with Crippen molar-refractivity contribution < 1.29 is 23.9 Å². The zero-order valence-corrected chi connectivity index (χ0v) is 26.9. The second-order valence-corrected chi connectivity index (χ2v) is 11.0. The van der Waals surface area contributed by atoms with Crippen LogP contribution in [0.25, 0.3) is 22.8 Å².